The molecule has 0 aromatic carbocycles. The van der Waals surface area contributed by atoms with Crippen LogP contribution in [0.4, 0.5) is 0 Å². The van der Waals surface area contributed by atoms with Crippen LogP contribution in [0.5, 0.6) is 0 Å². The molecule has 1 aromatic heterocycles. The van der Waals surface area contributed by atoms with Crippen molar-refractivity contribution in [2.24, 2.45) is 0 Å². The summed E-state index contributed by atoms with van der Waals surface area (Å²) in [6.07, 6.45) is 1.70. The van der Waals surface area contributed by atoms with E-state index in [0.29, 0.717) is 0 Å². The summed E-state index contributed by atoms with van der Waals surface area (Å²) in [5, 5.41) is 3.81. The summed E-state index contributed by atoms with van der Waals surface area (Å²) < 4.78 is 0. The molecule has 0 saturated carbocycles. The number of nitrogens with zero attached hydrogens (tertiary/aromatic N) is 2. The van der Waals surface area contributed by atoms with Gasteiger partial charge in [-0.25, -0.2) is 0 Å². The van der Waals surface area contributed by atoms with Gasteiger partial charge in [0, 0.05) is 6.20 Å². The topological polar surface area (TPSA) is 43.8 Å². The van der Waals surface area contributed by atoms with E-state index in [1.807, 2.05) is 26.8 Å². The van der Waals surface area contributed by atoms with E-state index < -0.39 is 0 Å². The van der Waals surface area contributed by atoms with Gasteiger partial charge in [0.1, 0.15) is 0 Å². The van der Waals surface area contributed by atoms with Gasteiger partial charge in [-0.05, 0) is 13.0 Å². The second-order valence-electron chi connectivity index (χ2n) is 1.44. The summed E-state index contributed by atoms with van der Waals surface area (Å²) in [5.41, 5.74) is 0.947. The van der Waals surface area contributed by atoms with Crippen molar-refractivity contribution < 1.29 is 0 Å². The van der Waals surface area contributed by atoms with E-state index in [-0.39, 0.29) is 0 Å². The number of hydrogen-bond donors (Lipinski definition) is 1. The number of nitrogen functional groups attached to an aromatic ring is 1. The normalized spacial score (nSPS) is 7.89. The minimum atomic E-state index is 0.947. The fourth-order valence-corrected chi connectivity index (χ4v) is 0.433. The van der Waals surface area contributed by atoms with E-state index in [1.54, 1.807) is 6.20 Å². The highest BCUT2D eigenvalue weighted by Gasteiger charge is 1.82. The second kappa shape index (κ2) is 3.95. The van der Waals surface area contributed by atoms with Gasteiger partial charge in [-0.1, -0.05) is 13.8 Å². The lowest BCUT2D eigenvalue weighted by Gasteiger charge is -1.81. The molecule has 52 valence electrons. The Labute approximate surface area is 55.4 Å². The highest BCUT2D eigenvalue weighted by atomic mass is 15.5. The lowest BCUT2D eigenvalue weighted by molar-refractivity contribution is 0.817. The Kier molecular flexibility index (Phi) is 3.51. The average molecular weight is 127 g/mol. The highest BCUT2D eigenvalue weighted by molar-refractivity contribution is 4.94. The number of nitrogens with two attached hydrogens (primary N) is 1. The molecule has 1 heterocycles. The van der Waals surface area contributed by atoms with Gasteiger partial charge in [-0.15, -0.1) is 0 Å². The maximum atomic E-state index is 5.18. The van der Waals surface area contributed by atoms with E-state index in [4.69, 9.17) is 5.84 Å². The molecule has 3 nitrogen and oxygen atoms in total. The van der Waals surface area contributed by atoms with Crippen LogP contribution >= 0.6 is 0 Å². The Hall–Kier alpha value is -0.990. The maximum absolute atomic E-state index is 5.18. The van der Waals surface area contributed by atoms with Gasteiger partial charge in [-0.3, -0.25) is 0 Å². The van der Waals surface area contributed by atoms with Gasteiger partial charge >= 0.3 is 0 Å². The van der Waals surface area contributed by atoms with Crippen LogP contribution < -0.4 is 5.84 Å². The van der Waals surface area contributed by atoms with Gasteiger partial charge < -0.3 is 5.84 Å². The van der Waals surface area contributed by atoms with E-state index in [2.05, 4.69) is 5.10 Å². The predicted octanol–water partition coefficient (Wildman–Crippen LogP) is 0.932. The Morgan fingerprint density at radius 3 is 2.22 bits per heavy atom. The first-order chi connectivity index (χ1) is 4.29. The number of rotatable bonds is 0. The van der Waals surface area contributed by atoms with E-state index in [1.165, 1.54) is 4.79 Å². The zero-order chi connectivity index (χ0) is 7.28. The fourth-order valence-electron chi connectivity index (χ4n) is 0.433. The van der Waals surface area contributed by atoms with Crippen LogP contribution in [0.1, 0.15) is 19.5 Å². The smallest absolute Gasteiger partial charge is 0.0614 e. The molecule has 3 heteroatoms. The SMILES string of the molecule is CC.Cc1ccn(N)n1. The lowest BCUT2D eigenvalue weighted by atomic mass is 10.5. The van der Waals surface area contributed by atoms with Crippen LogP contribution in [0.3, 0.4) is 0 Å². The lowest BCUT2D eigenvalue weighted by Crippen LogP contribution is -2.07. The van der Waals surface area contributed by atoms with E-state index in [0.717, 1.165) is 5.69 Å². The molecule has 0 aliphatic heterocycles. The molecule has 0 aliphatic carbocycles. The van der Waals surface area contributed by atoms with Crippen molar-refractivity contribution in [2.75, 3.05) is 5.84 Å². The third kappa shape index (κ3) is 2.74. The first kappa shape index (κ1) is 8.01. The molecule has 1 aromatic rings. The molecule has 0 bridgehead atoms. The fraction of sp³-hybridized carbons (Fsp3) is 0.500. The molecule has 0 unspecified atom stereocenters. The molecule has 0 amide bonds. The van der Waals surface area contributed by atoms with Crippen LogP contribution in [0.2, 0.25) is 0 Å². The quantitative estimate of drug-likeness (QED) is 0.527. The van der Waals surface area contributed by atoms with E-state index in [9.17, 15) is 0 Å². The molecule has 2 N–H and O–H groups in total. The standard InChI is InChI=1S/C4H7N3.C2H6/c1-4-2-3-7(5)6-4;1-2/h2-3H,5H2,1H3;1-2H3. The van der Waals surface area contributed by atoms with Crippen molar-refractivity contribution >= 4 is 0 Å². The molecule has 0 fully saturated rings. The van der Waals surface area contributed by atoms with Gasteiger partial charge in [0.15, 0.2) is 0 Å². The number of aromatic nitrogens is 2. The van der Waals surface area contributed by atoms with Crippen molar-refractivity contribution in [3.63, 3.8) is 0 Å². The first-order valence-electron chi connectivity index (χ1n) is 3.06. The van der Waals surface area contributed by atoms with Crippen molar-refractivity contribution in [2.45, 2.75) is 20.8 Å². The van der Waals surface area contributed by atoms with Crippen molar-refractivity contribution in [1.29, 1.82) is 0 Å². The number of hydrogen-bond acceptors (Lipinski definition) is 2. The molecular weight excluding hydrogens is 114 g/mol. The zero-order valence-electron chi connectivity index (χ0n) is 6.13. The van der Waals surface area contributed by atoms with Crippen LogP contribution in [0, 0.1) is 6.92 Å². The Morgan fingerprint density at radius 2 is 2.11 bits per heavy atom. The Morgan fingerprint density at radius 1 is 1.56 bits per heavy atom. The summed E-state index contributed by atoms with van der Waals surface area (Å²) in [6.45, 7) is 5.89. The van der Waals surface area contributed by atoms with Gasteiger partial charge in [0.2, 0.25) is 0 Å². The minimum absolute atomic E-state index is 0.947. The second-order valence-corrected chi connectivity index (χ2v) is 1.44. The third-order valence-electron chi connectivity index (χ3n) is 0.742. The molecule has 0 aliphatic rings. The molecular formula is C6H13N3. The third-order valence-corrected chi connectivity index (χ3v) is 0.742. The van der Waals surface area contributed by atoms with Crippen LogP contribution in [-0.2, 0) is 0 Å². The van der Waals surface area contributed by atoms with Crippen LogP contribution in [0.25, 0.3) is 0 Å². The zero-order valence-corrected chi connectivity index (χ0v) is 6.13. The number of aryl methyl sites for hydroxylation is 1. The Bertz CT molecular complexity index is 141. The Balaban J connectivity index is 0.000000291. The largest absolute Gasteiger partial charge is 0.323 e. The predicted molar refractivity (Wildman–Crippen MR) is 38.5 cm³/mol. The molecule has 0 atom stereocenters. The van der Waals surface area contributed by atoms with Gasteiger partial charge in [-0.2, -0.15) is 9.89 Å². The van der Waals surface area contributed by atoms with Crippen molar-refractivity contribution in [3.05, 3.63) is 18.0 Å². The van der Waals surface area contributed by atoms with Crippen molar-refractivity contribution in [3.8, 4) is 0 Å². The monoisotopic (exact) mass is 127 g/mol. The summed E-state index contributed by atoms with van der Waals surface area (Å²) in [4.78, 5) is 1.29. The summed E-state index contributed by atoms with van der Waals surface area (Å²) >= 11 is 0. The van der Waals surface area contributed by atoms with Crippen LogP contribution in [0.15, 0.2) is 12.3 Å². The van der Waals surface area contributed by atoms with Crippen molar-refractivity contribution in [1.82, 2.24) is 9.89 Å². The molecule has 0 radical (unpaired) electrons. The van der Waals surface area contributed by atoms with E-state index >= 15 is 0 Å². The molecule has 0 saturated heterocycles. The maximum Gasteiger partial charge on any atom is 0.0614 e. The summed E-state index contributed by atoms with van der Waals surface area (Å²) in [5.74, 6) is 5.18. The summed E-state index contributed by atoms with van der Waals surface area (Å²) in [7, 11) is 0. The minimum Gasteiger partial charge on any atom is -0.323 e. The molecule has 9 heavy (non-hydrogen) atoms. The first-order valence-corrected chi connectivity index (χ1v) is 3.06. The highest BCUT2D eigenvalue weighted by Crippen LogP contribution is 1.85. The molecule has 1 rings (SSSR count). The van der Waals surface area contributed by atoms with Gasteiger partial charge in [0.25, 0.3) is 0 Å². The van der Waals surface area contributed by atoms with Crippen LogP contribution in [-0.4, -0.2) is 9.89 Å². The van der Waals surface area contributed by atoms with Gasteiger partial charge in [0.05, 0.1) is 5.69 Å². The molecule has 0 spiro atoms. The summed E-state index contributed by atoms with van der Waals surface area (Å²) in [6, 6.07) is 1.85. The average Bonchev–Trinajstić information content (AvgIpc) is 2.20.